The van der Waals surface area contributed by atoms with E-state index in [-0.39, 0.29) is 12.5 Å². The zero-order valence-electron chi connectivity index (χ0n) is 8.23. The number of rotatable bonds is 3. The first-order chi connectivity index (χ1) is 6.65. The van der Waals surface area contributed by atoms with Gasteiger partial charge in [0.05, 0.1) is 13.0 Å². The minimum absolute atomic E-state index is 0.0127. The number of nitrogens with zero attached hydrogens (tertiary/aromatic N) is 1. The van der Waals surface area contributed by atoms with Crippen LogP contribution in [-0.2, 0) is 9.53 Å². The Bertz CT molecular complexity index is 229. The quantitative estimate of drug-likeness (QED) is 0.742. The van der Waals surface area contributed by atoms with E-state index in [1.54, 1.807) is 6.92 Å². The summed E-state index contributed by atoms with van der Waals surface area (Å²) in [5.74, 6) is -0.869. The number of carbonyl (C=O) groups excluding carboxylic acids is 1. The largest absolute Gasteiger partial charge is 0.481 e. The van der Waals surface area contributed by atoms with Crippen molar-refractivity contribution in [3.05, 3.63) is 0 Å². The second-order valence-electron chi connectivity index (χ2n) is 3.29. The predicted octanol–water partition coefficient (Wildman–Crippen LogP) is 1.08. The first-order valence-electron chi connectivity index (χ1n) is 4.80. The molecule has 1 amide bonds. The molecule has 0 bridgehead atoms. The van der Waals surface area contributed by atoms with E-state index in [0.717, 1.165) is 12.8 Å². The van der Waals surface area contributed by atoms with Crippen LogP contribution in [0.15, 0.2) is 0 Å². The van der Waals surface area contributed by atoms with Gasteiger partial charge in [-0.3, -0.25) is 4.79 Å². The molecule has 80 valence electrons. The number of aliphatic carboxylic acids is 1. The zero-order valence-corrected chi connectivity index (χ0v) is 8.23. The average molecular weight is 201 g/mol. The molecule has 1 saturated heterocycles. The third-order valence-electron chi connectivity index (χ3n) is 2.29. The van der Waals surface area contributed by atoms with Crippen LogP contribution in [0.25, 0.3) is 0 Å². The van der Waals surface area contributed by atoms with Gasteiger partial charge in [0.25, 0.3) is 0 Å². The lowest BCUT2D eigenvalue weighted by molar-refractivity contribution is -0.138. The lowest BCUT2D eigenvalue weighted by atomic mass is 10.1. The van der Waals surface area contributed by atoms with Crippen LogP contribution < -0.4 is 0 Å². The Labute approximate surface area is 82.6 Å². The summed E-state index contributed by atoms with van der Waals surface area (Å²) in [6.07, 6.45) is 1.23. The van der Waals surface area contributed by atoms with E-state index >= 15 is 0 Å². The molecule has 0 aliphatic carbocycles. The maximum Gasteiger partial charge on any atom is 0.410 e. The van der Waals surface area contributed by atoms with Crippen molar-refractivity contribution in [2.75, 3.05) is 13.2 Å². The van der Waals surface area contributed by atoms with Gasteiger partial charge in [-0.1, -0.05) is 0 Å². The highest BCUT2D eigenvalue weighted by molar-refractivity contribution is 5.71. The Morgan fingerprint density at radius 3 is 2.86 bits per heavy atom. The number of hydrogen-bond acceptors (Lipinski definition) is 3. The molecule has 5 heteroatoms. The summed E-state index contributed by atoms with van der Waals surface area (Å²) in [5.41, 5.74) is 0. The Morgan fingerprint density at radius 2 is 2.29 bits per heavy atom. The molecular formula is C9H15NO4. The topological polar surface area (TPSA) is 66.8 Å². The molecule has 1 aliphatic heterocycles. The fourth-order valence-electron chi connectivity index (χ4n) is 1.70. The second-order valence-corrected chi connectivity index (χ2v) is 3.29. The fraction of sp³-hybridized carbons (Fsp3) is 0.778. The van der Waals surface area contributed by atoms with Crippen molar-refractivity contribution in [1.29, 1.82) is 0 Å². The first kappa shape index (κ1) is 10.8. The van der Waals surface area contributed by atoms with Crippen molar-refractivity contribution in [1.82, 2.24) is 4.90 Å². The van der Waals surface area contributed by atoms with E-state index in [4.69, 9.17) is 9.84 Å². The van der Waals surface area contributed by atoms with Crippen LogP contribution >= 0.6 is 0 Å². The SMILES string of the molecule is CCOC(=O)N1CCC[C@H]1CC(=O)O. The van der Waals surface area contributed by atoms with E-state index < -0.39 is 12.1 Å². The number of carbonyl (C=O) groups is 2. The van der Waals surface area contributed by atoms with Crippen molar-refractivity contribution >= 4 is 12.1 Å². The van der Waals surface area contributed by atoms with E-state index in [1.165, 1.54) is 4.90 Å². The summed E-state index contributed by atoms with van der Waals surface area (Å²) in [6, 6.07) is -0.188. The molecule has 0 aromatic carbocycles. The number of carboxylic acid groups (broad SMARTS) is 1. The maximum absolute atomic E-state index is 11.3. The van der Waals surface area contributed by atoms with Crippen LogP contribution in [0.4, 0.5) is 4.79 Å². The fourth-order valence-corrected chi connectivity index (χ4v) is 1.70. The van der Waals surface area contributed by atoms with Crippen molar-refractivity contribution in [3.8, 4) is 0 Å². The maximum atomic E-state index is 11.3. The van der Waals surface area contributed by atoms with E-state index in [2.05, 4.69) is 0 Å². The minimum atomic E-state index is -0.869. The van der Waals surface area contributed by atoms with E-state index in [1.807, 2.05) is 0 Å². The van der Waals surface area contributed by atoms with Crippen molar-refractivity contribution < 1.29 is 19.4 Å². The third-order valence-corrected chi connectivity index (χ3v) is 2.29. The van der Waals surface area contributed by atoms with Gasteiger partial charge < -0.3 is 14.7 Å². The van der Waals surface area contributed by atoms with E-state index in [9.17, 15) is 9.59 Å². The summed E-state index contributed by atoms with van der Waals surface area (Å²) < 4.78 is 4.83. The number of likely N-dealkylation sites (tertiary alicyclic amines) is 1. The molecule has 1 aliphatic rings. The van der Waals surface area contributed by atoms with Gasteiger partial charge in [0.2, 0.25) is 0 Å². The Kier molecular flexibility index (Phi) is 3.73. The molecular weight excluding hydrogens is 186 g/mol. The van der Waals surface area contributed by atoms with Crippen molar-refractivity contribution in [3.63, 3.8) is 0 Å². The molecule has 1 rings (SSSR count). The summed E-state index contributed by atoms with van der Waals surface area (Å²) in [5, 5.41) is 8.62. The van der Waals surface area contributed by atoms with Gasteiger partial charge in [0, 0.05) is 12.6 Å². The molecule has 1 atom stereocenters. The van der Waals surface area contributed by atoms with Gasteiger partial charge in [-0.15, -0.1) is 0 Å². The summed E-state index contributed by atoms with van der Waals surface area (Å²) >= 11 is 0. The highest BCUT2D eigenvalue weighted by atomic mass is 16.6. The Balaban J connectivity index is 2.50. The van der Waals surface area contributed by atoms with Gasteiger partial charge in [0.1, 0.15) is 0 Å². The highest BCUT2D eigenvalue weighted by Crippen LogP contribution is 2.20. The molecule has 1 N–H and O–H groups in total. The predicted molar refractivity (Wildman–Crippen MR) is 49.0 cm³/mol. The highest BCUT2D eigenvalue weighted by Gasteiger charge is 2.30. The minimum Gasteiger partial charge on any atom is -0.481 e. The van der Waals surface area contributed by atoms with Crippen LogP contribution in [0.3, 0.4) is 0 Å². The Morgan fingerprint density at radius 1 is 1.57 bits per heavy atom. The molecule has 14 heavy (non-hydrogen) atoms. The van der Waals surface area contributed by atoms with Crippen molar-refractivity contribution in [2.24, 2.45) is 0 Å². The number of carboxylic acids is 1. The van der Waals surface area contributed by atoms with Crippen LogP contribution in [0, 0.1) is 0 Å². The number of hydrogen-bond donors (Lipinski definition) is 1. The summed E-state index contributed by atoms with van der Waals surface area (Å²) in [4.78, 5) is 23.4. The lowest BCUT2D eigenvalue weighted by Crippen LogP contribution is -2.37. The zero-order chi connectivity index (χ0) is 10.6. The van der Waals surface area contributed by atoms with Crippen LogP contribution in [-0.4, -0.2) is 41.3 Å². The number of amides is 1. The van der Waals surface area contributed by atoms with E-state index in [0.29, 0.717) is 13.2 Å². The molecule has 0 unspecified atom stereocenters. The molecule has 0 aromatic rings. The van der Waals surface area contributed by atoms with Gasteiger partial charge in [-0.05, 0) is 19.8 Å². The van der Waals surface area contributed by atoms with Gasteiger partial charge in [-0.2, -0.15) is 0 Å². The third kappa shape index (κ3) is 2.61. The number of ether oxygens (including phenoxy) is 1. The monoisotopic (exact) mass is 201 g/mol. The first-order valence-corrected chi connectivity index (χ1v) is 4.80. The molecule has 0 saturated carbocycles. The van der Waals surface area contributed by atoms with Gasteiger partial charge >= 0.3 is 12.1 Å². The standard InChI is InChI=1S/C9H15NO4/c1-2-14-9(13)10-5-3-4-7(10)6-8(11)12/h7H,2-6H2,1H3,(H,11,12)/t7-/m0/s1. The summed E-state index contributed by atoms with van der Waals surface area (Å²) in [6.45, 7) is 2.67. The molecule has 1 fully saturated rings. The normalized spacial score (nSPS) is 20.9. The lowest BCUT2D eigenvalue weighted by Gasteiger charge is -2.22. The molecule has 1 heterocycles. The summed E-state index contributed by atoms with van der Waals surface area (Å²) in [7, 11) is 0. The van der Waals surface area contributed by atoms with Gasteiger partial charge in [-0.25, -0.2) is 4.79 Å². The molecule has 0 aromatic heterocycles. The van der Waals surface area contributed by atoms with Crippen molar-refractivity contribution in [2.45, 2.75) is 32.2 Å². The van der Waals surface area contributed by atoms with Crippen LogP contribution in [0.2, 0.25) is 0 Å². The second kappa shape index (κ2) is 4.83. The smallest absolute Gasteiger partial charge is 0.410 e. The average Bonchev–Trinajstić information content (AvgIpc) is 2.51. The van der Waals surface area contributed by atoms with Crippen LogP contribution in [0.5, 0.6) is 0 Å². The molecule has 0 radical (unpaired) electrons. The molecule has 0 spiro atoms. The van der Waals surface area contributed by atoms with Gasteiger partial charge in [0.15, 0.2) is 0 Å². The van der Waals surface area contributed by atoms with Crippen LogP contribution in [0.1, 0.15) is 26.2 Å². The molecule has 5 nitrogen and oxygen atoms in total. The Hall–Kier alpha value is -1.26.